The van der Waals surface area contributed by atoms with E-state index >= 15 is 0 Å². The average Bonchev–Trinajstić information content (AvgIpc) is 3.09. The Morgan fingerprint density at radius 1 is 1.25 bits per heavy atom. The summed E-state index contributed by atoms with van der Waals surface area (Å²) in [4.78, 5) is 30.8. The molecule has 0 spiro atoms. The van der Waals surface area contributed by atoms with Crippen molar-refractivity contribution in [2.24, 2.45) is 0 Å². The van der Waals surface area contributed by atoms with Gasteiger partial charge in [0.2, 0.25) is 12.3 Å². The van der Waals surface area contributed by atoms with Crippen molar-refractivity contribution in [2.75, 3.05) is 26.2 Å². The molecule has 0 aliphatic carbocycles. The first kappa shape index (κ1) is 16.6. The number of thiazole rings is 1. The van der Waals surface area contributed by atoms with Gasteiger partial charge in [0.1, 0.15) is 10.8 Å². The van der Waals surface area contributed by atoms with Crippen molar-refractivity contribution in [3.05, 3.63) is 41.2 Å². The van der Waals surface area contributed by atoms with Crippen molar-refractivity contribution in [1.82, 2.24) is 14.8 Å². The molecule has 0 atom stereocenters. The van der Waals surface area contributed by atoms with Crippen LogP contribution >= 0.6 is 11.3 Å². The third kappa shape index (κ3) is 3.79. The first-order valence-electron chi connectivity index (χ1n) is 7.84. The van der Waals surface area contributed by atoms with Gasteiger partial charge in [0.05, 0.1) is 5.69 Å². The quantitative estimate of drug-likeness (QED) is 0.779. The lowest BCUT2D eigenvalue weighted by atomic mass is 10.2. The Balaban J connectivity index is 1.55. The molecule has 1 aromatic carbocycles. The number of hydrogen-bond donors (Lipinski definition) is 0. The highest BCUT2D eigenvalue weighted by molar-refractivity contribution is 7.13. The monoisotopic (exact) mass is 347 g/mol. The number of aromatic nitrogens is 1. The zero-order valence-corrected chi connectivity index (χ0v) is 14.0. The van der Waals surface area contributed by atoms with Crippen LogP contribution in [-0.4, -0.2) is 53.3 Å². The van der Waals surface area contributed by atoms with E-state index in [1.165, 1.54) is 17.4 Å². The summed E-state index contributed by atoms with van der Waals surface area (Å²) in [5.41, 5.74) is 1.29. The number of piperazine rings is 1. The molecular formula is C17H18FN3O2S. The minimum Gasteiger partial charge on any atom is -0.342 e. The number of hydrogen-bond acceptors (Lipinski definition) is 4. The fraction of sp³-hybridized carbons (Fsp3) is 0.353. The Morgan fingerprint density at radius 2 is 2.00 bits per heavy atom. The molecule has 0 saturated carbocycles. The minimum atomic E-state index is -0.289. The summed E-state index contributed by atoms with van der Waals surface area (Å²) in [6.07, 6.45) is 1.74. The summed E-state index contributed by atoms with van der Waals surface area (Å²) < 4.78 is 13.8. The van der Waals surface area contributed by atoms with Gasteiger partial charge in [-0.1, -0.05) is 12.1 Å². The van der Waals surface area contributed by atoms with E-state index in [2.05, 4.69) is 4.98 Å². The summed E-state index contributed by atoms with van der Waals surface area (Å²) in [5.74, 6) is -0.219. The molecule has 24 heavy (non-hydrogen) atoms. The molecule has 0 unspecified atom stereocenters. The van der Waals surface area contributed by atoms with Crippen LogP contribution in [0, 0.1) is 5.82 Å². The van der Waals surface area contributed by atoms with Crippen molar-refractivity contribution in [1.29, 1.82) is 0 Å². The van der Waals surface area contributed by atoms with Crippen molar-refractivity contribution in [3.63, 3.8) is 0 Å². The fourth-order valence-electron chi connectivity index (χ4n) is 2.65. The van der Waals surface area contributed by atoms with Crippen molar-refractivity contribution in [3.8, 4) is 10.6 Å². The lowest BCUT2D eigenvalue weighted by Crippen LogP contribution is -2.48. The maximum atomic E-state index is 13.8. The third-order valence-electron chi connectivity index (χ3n) is 4.07. The first-order chi connectivity index (χ1) is 11.7. The van der Waals surface area contributed by atoms with Gasteiger partial charge in [-0.05, 0) is 18.6 Å². The zero-order chi connectivity index (χ0) is 16.9. The van der Waals surface area contributed by atoms with Gasteiger partial charge in [0.15, 0.2) is 0 Å². The SMILES string of the molecule is O=CN1CCN(C(=O)CCc2csc(-c3ccccc3F)n2)CC1. The van der Waals surface area contributed by atoms with Crippen LogP contribution in [0.15, 0.2) is 29.6 Å². The minimum absolute atomic E-state index is 0.0704. The van der Waals surface area contributed by atoms with Crippen LogP contribution in [0.25, 0.3) is 10.6 Å². The van der Waals surface area contributed by atoms with Gasteiger partial charge in [-0.3, -0.25) is 9.59 Å². The highest BCUT2D eigenvalue weighted by atomic mass is 32.1. The molecule has 2 heterocycles. The molecule has 1 saturated heterocycles. The molecule has 3 rings (SSSR count). The summed E-state index contributed by atoms with van der Waals surface area (Å²) in [5, 5.41) is 2.51. The Hall–Kier alpha value is -2.28. The number of amides is 2. The van der Waals surface area contributed by atoms with E-state index in [0.29, 0.717) is 49.6 Å². The second kappa shape index (κ2) is 7.53. The molecule has 1 aliphatic heterocycles. The van der Waals surface area contributed by atoms with Gasteiger partial charge in [-0.2, -0.15) is 0 Å². The van der Waals surface area contributed by atoms with Gasteiger partial charge >= 0.3 is 0 Å². The Bertz CT molecular complexity index is 726. The smallest absolute Gasteiger partial charge is 0.223 e. The van der Waals surface area contributed by atoms with Crippen LogP contribution in [0.1, 0.15) is 12.1 Å². The summed E-state index contributed by atoms with van der Waals surface area (Å²) >= 11 is 1.39. The van der Waals surface area contributed by atoms with E-state index in [1.807, 2.05) is 5.38 Å². The van der Waals surface area contributed by atoms with E-state index in [9.17, 15) is 14.0 Å². The Morgan fingerprint density at radius 3 is 2.71 bits per heavy atom. The molecule has 7 heteroatoms. The van der Waals surface area contributed by atoms with Crippen molar-refractivity contribution >= 4 is 23.7 Å². The van der Waals surface area contributed by atoms with Crippen LogP contribution in [0.4, 0.5) is 4.39 Å². The molecule has 0 radical (unpaired) electrons. The maximum absolute atomic E-state index is 13.8. The van der Waals surface area contributed by atoms with Crippen molar-refractivity contribution in [2.45, 2.75) is 12.8 Å². The van der Waals surface area contributed by atoms with E-state index in [1.54, 1.807) is 28.0 Å². The number of nitrogens with zero attached hydrogens (tertiary/aromatic N) is 3. The van der Waals surface area contributed by atoms with Gasteiger partial charge < -0.3 is 9.80 Å². The average molecular weight is 347 g/mol. The molecule has 2 aromatic rings. The molecule has 1 fully saturated rings. The second-order valence-electron chi connectivity index (χ2n) is 5.65. The number of aryl methyl sites for hydroxylation is 1. The van der Waals surface area contributed by atoms with E-state index in [0.717, 1.165) is 12.1 Å². The number of rotatable bonds is 5. The summed E-state index contributed by atoms with van der Waals surface area (Å²) in [6.45, 7) is 2.33. The Labute approximate surface area is 143 Å². The number of benzene rings is 1. The third-order valence-corrected chi connectivity index (χ3v) is 4.99. The largest absolute Gasteiger partial charge is 0.342 e. The van der Waals surface area contributed by atoms with Crippen LogP contribution in [0.5, 0.6) is 0 Å². The normalized spacial score (nSPS) is 14.7. The van der Waals surface area contributed by atoms with E-state index < -0.39 is 0 Å². The number of carbonyl (C=O) groups is 2. The molecule has 0 bridgehead atoms. The maximum Gasteiger partial charge on any atom is 0.223 e. The summed E-state index contributed by atoms with van der Waals surface area (Å²) in [7, 11) is 0. The van der Waals surface area contributed by atoms with Gasteiger partial charge in [0, 0.05) is 43.5 Å². The molecule has 2 amide bonds. The lowest BCUT2D eigenvalue weighted by Gasteiger charge is -2.32. The zero-order valence-electron chi connectivity index (χ0n) is 13.2. The molecule has 5 nitrogen and oxygen atoms in total. The highest BCUT2D eigenvalue weighted by Crippen LogP contribution is 2.26. The standard InChI is InChI=1S/C17H18FN3O2S/c18-15-4-2-1-3-14(15)17-19-13(11-24-17)5-6-16(23)21-9-7-20(12-22)8-10-21/h1-4,11-12H,5-10H2. The molecule has 0 N–H and O–H groups in total. The fourth-order valence-corrected chi connectivity index (χ4v) is 3.53. The molecule has 1 aromatic heterocycles. The Kier molecular flexibility index (Phi) is 5.20. The molecule has 126 valence electrons. The van der Waals surface area contributed by atoms with Crippen LogP contribution in [0.3, 0.4) is 0 Å². The number of carbonyl (C=O) groups excluding carboxylic acids is 2. The second-order valence-corrected chi connectivity index (χ2v) is 6.50. The molecule has 1 aliphatic rings. The number of halogens is 1. The van der Waals surface area contributed by atoms with E-state index in [4.69, 9.17) is 0 Å². The topological polar surface area (TPSA) is 53.5 Å². The lowest BCUT2D eigenvalue weighted by molar-refractivity contribution is -0.135. The summed E-state index contributed by atoms with van der Waals surface area (Å²) in [6, 6.07) is 6.55. The van der Waals surface area contributed by atoms with Crippen LogP contribution < -0.4 is 0 Å². The van der Waals surface area contributed by atoms with Gasteiger partial charge in [-0.15, -0.1) is 11.3 Å². The van der Waals surface area contributed by atoms with E-state index in [-0.39, 0.29) is 11.7 Å². The first-order valence-corrected chi connectivity index (χ1v) is 8.72. The van der Waals surface area contributed by atoms with Crippen LogP contribution in [-0.2, 0) is 16.0 Å². The molecular weight excluding hydrogens is 329 g/mol. The van der Waals surface area contributed by atoms with Crippen LogP contribution in [0.2, 0.25) is 0 Å². The van der Waals surface area contributed by atoms with Crippen molar-refractivity contribution < 1.29 is 14.0 Å². The predicted molar refractivity (Wildman–Crippen MR) is 90.0 cm³/mol. The highest BCUT2D eigenvalue weighted by Gasteiger charge is 2.20. The predicted octanol–water partition coefficient (Wildman–Crippen LogP) is 2.18. The van der Waals surface area contributed by atoms with Gasteiger partial charge in [-0.25, -0.2) is 9.37 Å². The van der Waals surface area contributed by atoms with Gasteiger partial charge in [0.25, 0.3) is 0 Å².